The molecule has 9 heteroatoms. The van der Waals surface area contributed by atoms with E-state index in [0.29, 0.717) is 16.9 Å². The predicted octanol–water partition coefficient (Wildman–Crippen LogP) is 2.21. The quantitative estimate of drug-likeness (QED) is 0.626. The lowest BCUT2D eigenvalue weighted by atomic mass is 10.2. The van der Waals surface area contributed by atoms with Crippen molar-refractivity contribution in [3.8, 4) is 0 Å². The second kappa shape index (κ2) is 7.67. The lowest BCUT2D eigenvalue weighted by molar-refractivity contribution is -0.114. The maximum atomic E-state index is 12.3. The third-order valence-electron chi connectivity index (χ3n) is 3.13. The maximum absolute atomic E-state index is 12.3. The molecule has 0 heterocycles. The van der Waals surface area contributed by atoms with Crippen LogP contribution in [0.5, 0.6) is 0 Å². The molecule has 0 aliphatic carbocycles. The molecule has 25 heavy (non-hydrogen) atoms. The Labute approximate surface area is 144 Å². The molecule has 0 aliphatic heterocycles. The van der Waals surface area contributed by atoms with Gasteiger partial charge in [0.1, 0.15) is 0 Å². The Balaban J connectivity index is 2.07. The monoisotopic (exact) mass is 363 g/mol. The van der Waals surface area contributed by atoms with Crippen molar-refractivity contribution in [3.05, 3.63) is 54.1 Å². The standard InChI is InChI=1S/C16H17N3O5S/c1-11(20)18-13-6-8-15(9-7-13)25(23,24)19-14-4-2-12(3-5-14)10-17-16(21)22/h2-9,17,19H,10H2,1H3,(H,18,20)(H,21,22). The molecule has 2 aromatic carbocycles. The fourth-order valence-electron chi connectivity index (χ4n) is 2.00. The van der Waals surface area contributed by atoms with Crippen LogP contribution >= 0.6 is 0 Å². The van der Waals surface area contributed by atoms with Crippen LogP contribution in [0.1, 0.15) is 12.5 Å². The molecule has 2 aromatic rings. The van der Waals surface area contributed by atoms with Crippen LogP contribution in [0.3, 0.4) is 0 Å². The zero-order chi connectivity index (χ0) is 18.4. The Kier molecular flexibility index (Phi) is 5.60. The molecule has 0 aromatic heterocycles. The minimum Gasteiger partial charge on any atom is -0.465 e. The number of hydrogen-bond acceptors (Lipinski definition) is 4. The first-order valence-corrected chi connectivity index (χ1v) is 8.71. The van der Waals surface area contributed by atoms with Gasteiger partial charge in [0.15, 0.2) is 0 Å². The van der Waals surface area contributed by atoms with E-state index < -0.39 is 16.1 Å². The van der Waals surface area contributed by atoms with Crippen LogP contribution in [0.25, 0.3) is 0 Å². The Hall–Kier alpha value is -3.07. The first-order chi connectivity index (χ1) is 11.8. The second-order valence-corrected chi connectivity index (χ2v) is 6.85. The number of carboxylic acid groups (broad SMARTS) is 1. The van der Waals surface area contributed by atoms with Crippen molar-refractivity contribution in [1.82, 2.24) is 5.32 Å². The van der Waals surface area contributed by atoms with E-state index in [0.717, 1.165) is 0 Å². The zero-order valence-electron chi connectivity index (χ0n) is 13.3. The van der Waals surface area contributed by atoms with Crippen molar-refractivity contribution in [2.24, 2.45) is 0 Å². The Morgan fingerprint density at radius 1 is 0.960 bits per heavy atom. The van der Waals surface area contributed by atoms with Crippen molar-refractivity contribution in [2.45, 2.75) is 18.4 Å². The largest absolute Gasteiger partial charge is 0.465 e. The average molecular weight is 363 g/mol. The minimum absolute atomic E-state index is 0.0539. The number of rotatable bonds is 6. The van der Waals surface area contributed by atoms with Crippen LogP contribution in [0, 0.1) is 0 Å². The molecule has 8 nitrogen and oxygen atoms in total. The number of sulfonamides is 1. The topological polar surface area (TPSA) is 125 Å². The summed E-state index contributed by atoms with van der Waals surface area (Å²) in [6, 6.07) is 12.1. The molecule has 0 spiro atoms. The van der Waals surface area contributed by atoms with Gasteiger partial charge in [-0.1, -0.05) is 12.1 Å². The molecule has 2 rings (SSSR count). The summed E-state index contributed by atoms with van der Waals surface area (Å²) in [6.45, 7) is 1.49. The van der Waals surface area contributed by atoms with E-state index >= 15 is 0 Å². The van der Waals surface area contributed by atoms with Crippen LogP contribution in [-0.2, 0) is 21.4 Å². The van der Waals surface area contributed by atoms with Crippen molar-refractivity contribution in [1.29, 1.82) is 0 Å². The van der Waals surface area contributed by atoms with Gasteiger partial charge in [-0.05, 0) is 42.0 Å². The van der Waals surface area contributed by atoms with Gasteiger partial charge in [-0.25, -0.2) is 13.2 Å². The summed E-state index contributed by atoms with van der Waals surface area (Å²) in [6.07, 6.45) is -1.13. The summed E-state index contributed by atoms with van der Waals surface area (Å²) in [5.41, 5.74) is 1.55. The Morgan fingerprint density at radius 3 is 2.04 bits per heavy atom. The van der Waals surface area contributed by atoms with Crippen LogP contribution < -0.4 is 15.4 Å². The molecular formula is C16H17N3O5S. The lowest BCUT2D eigenvalue weighted by Crippen LogP contribution is -2.19. The highest BCUT2D eigenvalue weighted by Gasteiger charge is 2.14. The summed E-state index contributed by atoms with van der Waals surface area (Å²) < 4.78 is 27.1. The minimum atomic E-state index is -3.77. The second-order valence-electron chi connectivity index (χ2n) is 5.17. The average Bonchev–Trinajstić information content (AvgIpc) is 2.54. The van der Waals surface area contributed by atoms with E-state index in [1.807, 2.05) is 0 Å². The van der Waals surface area contributed by atoms with E-state index in [4.69, 9.17) is 5.11 Å². The number of carbonyl (C=O) groups excluding carboxylic acids is 1. The molecule has 0 fully saturated rings. The van der Waals surface area contributed by atoms with E-state index in [1.165, 1.54) is 31.2 Å². The van der Waals surface area contributed by atoms with Gasteiger partial charge in [0.05, 0.1) is 4.90 Å². The Bertz CT molecular complexity index is 862. The highest BCUT2D eigenvalue weighted by atomic mass is 32.2. The summed E-state index contributed by atoms with van der Waals surface area (Å²) in [4.78, 5) is 21.5. The number of amides is 2. The van der Waals surface area contributed by atoms with Gasteiger partial charge in [0.25, 0.3) is 10.0 Å². The Morgan fingerprint density at radius 2 is 1.52 bits per heavy atom. The van der Waals surface area contributed by atoms with Gasteiger partial charge in [-0.15, -0.1) is 0 Å². The highest BCUT2D eigenvalue weighted by molar-refractivity contribution is 7.92. The molecule has 0 radical (unpaired) electrons. The van der Waals surface area contributed by atoms with Crippen LogP contribution in [-0.4, -0.2) is 25.5 Å². The number of hydrogen-bond donors (Lipinski definition) is 4. The van der Waals surface area contributed by atoms with Crippen LogP contribution in [0.15, 0.2) is 53.4 Å². The number of anilines is 2. The summed E-state index contributed by atoms with van der Waals surface area (Å²) in [7, 11) is -3.77. The van der Waals surface area contributed by atoms with E-state index in [9.17, 15) is 18.0 Å². The summed E-state index contributed by atoms with van der Waals surface area (Å²) in [5.74, 6) is -0.244. The highest BCUT2D eigenvalue weighted by Crippen LogP contribution is 2.18. The fraction of sp³-hybridized carbons (Fsp3) is 0.125. The van der Waals surface area contributed by atoms with Gasteiger partial charge in [-0.3, -0.25) is 9.52 Å². The normalized spacial score (nSPS) is 10.8. The third kappa shape index (κ3) is 5.50. The van der Waals surface area contributed by atoms with E-state index in [1.54, 1.807) is 24.3 Å². The van der Waals surface area contributed by atoms with E-state index in [2.05, 4.69) is 15.4 Å². The summed E-state index contributed by atoms with van der Waals surface area (Å²) in [5, 5.41) is 13.3. The summed E-state index contributed by atoms with van der Waals surface area (Å²) >= 11 is 0. The first-order valence-electron chi connectivity index (χ1n) is 7.22. The third-order valence-corrected chi connectivity index (χ3v) is 4.53. The molecular weight excluding hydrogens is 346 g/mol. The van der Waals surface area contributed by atoms with Gasteiger partial charge < -0.3 is 15.7 Å². The van der Waals surface area contributed by atoms with Gasteiger partial charge in [0.2, 0.25) is 5.91 Å². The molecule has 4 N–H and O–H groups in total. The SMILES string of the molecule is CC(=O)Nc1ccc(S(=O)(=O)Nc2ccc(CNC(=O)O)cc2)cc1. The van der Waals surface area contributed by atoms with Gasteiger partial charge in [0, 0.05) is 24.8 Å². The van der Waals surface area contributed by atoms with Crippen molar-refractivity contribution < 1.29 is 23.1 Å². The smallest absolute Gasteiger partial charge is 0.404 e. The molecule has 2 amide bonds. The van der Waals surface area contributed by atoms with Crippen molar-refractivity contribution >= 4 is 33.4 Å². The molecule has 0 saturated heterocycles. The van der Waals surface area contributed by atoms with E-state index in [-0.39, 0.29) is 17.3 Å². The zero-order valence-corrected chi connectivity index (χ0v) is 14.1. The van der Waals surface area contributed by atoms with Gasteiger partial charge >= 0.3 is 6.09 Å². The molecule has 0 unspecified atom stereocenters. The van der Waals surface area contributed by atoms with Crippen molar-refractivity contribution in [2.75, 3.05) is 10.0 Å². The van der Waals surface area contributed by atoms with Gasteiger partial charge in [-0.2, -0.15) is 0 Å². The number of benzene rings is 2. The molecule has 0 bridgehead atoms. The van der Waals surface area contributed by atoms with Crippen LogP contribution in [0.4, 0.5) is 16.2 Å². The number of nitrogens with one attached hydrogen (secondary N) is 3. The maximum Gasteiger partial charge on any atom is 0.404 e. The molecule has 0 aliphatic rings. The van der Waals surface area contributed by atoms with Crippen molar-refractivity contribution in [3.63, 3.8) is 0 Å². The number of carbonyl (C=O) groups is 2. The lowest BCUT2D eigenvalue weighted by Gasteiger charge is -2.10. The molecule has 132 valence electrons. The predicted molar refractivity (Wildman–Crippen MR) is 92.9 cm³/mol. The fourth-order valence-corrected chi connectivity index (χ4v) is 3.06. The first kappa shape index (κ1) is 18.3. The molecule has 0 atom stereocenters. The molecule has 0 saturated carbocycles. The van der Waals surface area contributed by atoms with Crippen LogP contribution in [0.2, 0.25) is 0 Å².